The van der Waals surface area contributed by atoms with E-state index in [1.807, 2.05) is 20.8 Å². The van der Waals surface area contributed by atoms with Crippen LogP contribution in [0.2, 0.25) is 5.15 Å². The van der Waals surface area contributed by atoms with Gasteiger partial charge in [-0.2, -0.15) is 0 Å². The zero-order chi connectivity index (χ0) is 11.5. The lowest BCUT2D eigenvalue weighted by molar-refractivity contribution is 0.311. The fraction of sp³-hybridized carbons (Fsp3) is 0.444. The molecule has 0 radical (unpaired) electrons. The van der Waals surface area contributed by atoms with Gasteiger partial charge in [-0.05, 0) is 12.1 Å². The van der Waals surface area contributed by atoms with Crippen LogP contribution in [0, 0.1) is 5.41 Å². The molecule has 0 spiro atoms. The monoisotopic (exact) mass is 228 g/mol. The second kappa shape index (κ2) is 4.44. The molecule has 0 bridgehead atoms. The molecule has 0 amide bonds. The van der Waals surface area contributed by atoms with Gasteiger partial charge in [-0.25, -0.2) is 0 Å². The van der Waals surface area contributed by atoms with E-state index in [0.717, 1.165) is 0 Å². The molecule has 6 heteroatoms. The van der Waals surface area contributed by atoms with Crippen LogP contribution in [0.1, 0.15) is 20.8 Å². The van der Waals surface area contributed by atoms with Crippen LogP contribution in [0.5, 0.6) is 0 Å². The summed E-state index contributed by atoms with van der Waals surface area (Å²) < 4.78 is 0. The lowest BCUT2D eigenvalue weighted by Gasteiger charge is -2.20. The lowest BCUT2D eigenvalue weighted by Crippen LogP contribution is -2.28. The number of oxime groups is 1. The van der Waals surface area contributed by atoms with Crippen LogP contribution in [0.25, 0.3) is 0 Å². The van der Waals surface area contributed by atoms with Gasteiger partial charge in [0.25, 0.3) is 0 Å². The highest BCUT2D eigenvalue weighted by atomic mass is 35.5. The van der Waals surface area contributed by atoms with Gasteiger partial charge in [0.15, 0.2) is 16.8 Å². The molecule has 0 fully saturated rings. The highest BCUT2D eigenvalue weighted by Crippen LogP contribution is 2.17. The average molecular weight is 229 g/mol. The molecule has 0 aliphatic heterocycles. The molecule has 1 aromatic heterocycles. The van der Waals surface area contributed by atoms with Gasteiger partial charge < -0.3 is 10.5 Å². The molecule has 0 aliphatic carbocycles. The number of amidine groups is 1. The third-order valence-corrected chi connectivity index (χ3v) is 1.89. The fourth-order valence-corrected chi connectivity index (χ4v) is 0.967. The van der Waals surface area contributed by atoms with Gasteiger partial charge in [0, 0.05) is 5.41 Å². The van der Waals surface area contributed by atoms with Crippen LogP contribution >= 0.6 is 11.6 Å². The van der Waals surface area contributed by atoms with E-state index >= 15 is 0 Å². The second-order valence-electron chi connectivity index (χ2n) is 4.06. The Labute approximate surface area is 93.2 Å². The van der Waals surface area contributed by atoms with E-state index in [9.17, 15) is 0 Å². The molecule has 0 saturated heterocycles. The van der Waals surface area contributed by atoms with Crippen LogP contribution in [0.3, 0.4) is 0 Å². The number of halogens is 1. The van der Waals surface area contributed by atoms with Gasteiger partial charge in [-0.3, -0.25) is 0 Å². The van der Waals surface area contributed by atoms with Crippen molar-refractivity contribution in [2.45, 2.75) is 20.8 Å². The molecule has 5 nitrogen and oxygen atoms in total. The van der Waals surface area contributed by atoms with Gasteiger partial charge in [-0.15, -0.1) is 10.2 Å². The molecule has 2 N–H and O–H groups in total. The number of hydrogen-bond acceptors (Lipinski definition) is 4. The summed E-state index contributed by atoms with van der Waals surface area (Å²) in [5.74, 6) is 0.904. The minimum absolute atomic E-state index is 0.296. The molecule has 1 aromatic rings. The maximum atomic E-state index is 8.83. The third-order valence-electron chi connectivity index (χ3n) is 1.69. The van der Waals surface area contributed by atoms with Crippen molar-refractivity contribution in [1.82, 2.24) is 10.2 Å². The Kier molecular flexibility index (Phi) is 3.47. The largest absolute Gasteiger partial charge is 0.409 e. The first-order chi connectivity index (χ1) is 6.93. The van der Waals surface area contributed by atoms with Crippen molar-refractivity contribution in [1.29, 1.82) is 0 Å². The van der Waals surface area contributed by atoms with E-state index in [2.05, 4.69) is 20.7 Å². The smallest absolute Gasteiger partial charge is 0.154 e. The van der Waals surface area contributed by atoms with E-state index in [1.165, 1.54) is 0 Å². The summed E-state index contributed by atoms with van der Waals surface area (Å²) in [5.41, 5.74) is -0.296. The van der Waals surface area contributed by atoms with Gasteiger partial charge >= 0.3 is 0 Å². The maximum Gasteiger partial charge on any atom is 0.154 e. The topological polar surface area (TPSA) is 70.4 Å². The summed E-state index contributed by atoms with van der Waals surface area (Å²) in [5, 5.41) is 22.7. The fourth-order valence-electron chi connectivity index (χ4n) is 0.866. The molecule has 0 saturated carbocycles. The van der Waals surface area contributed by atoms with Gasteiger partial charge in [0.1, 0.15) is 0 Å². The summed E-state index contributed by atoms with van der Waals surface area (Å²) in [6.07, 6.45) is 0. The lowest BCUT2D eigenvalue weighted by atomic mass is 9.95. The maximum absolute atomic E-state index is 8.83. The van der Waals surface area contributed by atoms with Crippen LogP contribution in [-0.4, -0.2) is 21.2 Å². The normalized spacial score (nSPS) is 12.7. The van der Waals surface area contributed by atoms with Gasteiger partial charge in [-0.1, -0.05) is 37.5 Å². The van der Waals surface area contributed by atoms with E-state index in [-0.39, 0.29) is 5.41 Å². The zero-order valence-electron chi connectivity index (χ0n) is 8.82. The third kappa shape index (κ3) is 3.36. The highest BCUT2D eigenvalue weighted by Gasteiger charge is 2.20. The first-order valence-electron chi connectivity index (χ1n) is 4.42. The molecule has 1 rings (SSSR count). The van der Waals surface area contributed by atoms with E-state index in [1.54, 1.807) is 12.1 Å². The quantitative estimate of drug-likeness (QED) is 0.335. The Morgan fingerprint density at radius 1 is 1.40 bits per heavy atom. The van der Waals surface area contributed by atoms with Crippen molar-refractivity contribution in [3.05, 3.63) is 17.3 Å². The summed E-state index contributed by atoms with van der Waals surface area (Å²) in [6, 6.07) is 3.26. The first kappa shape index (κ1) is 11.7. The summed E-state index contributed by atoms with van der Waals surface area (Å²) >= 11 is 5.59. The van der Waals surface area contributed by atoms with Gasteiger partial charge in [0.05, 0.1) is 0 Å². The standard InChI is InChI=1S/C9H13ClN4O/c1-9(2,3)8(14-15)11-7-5-4-6(10)12-13-7/h4-5,15H,1-3H3,(H,11,13,14). The van der Waals surface area contributed by atoms with E-state index in [4.69, 9.17) is 16.8 Å². The number of aromatic nitrogens is 2. The Bertz CT molecular complexity index is 355. The SMILES string of the molecule is CC(C)(C)C(=NO)Nc1ccc(Cl)nn1. The zero-order valence-corrected chi connectivity index (χ0v) is 9.58. The average Bonchev–Trinajstić information content (AvgIpc) is 2.15. The van der Waals surface area contributed by atoms with Crippen molar-refractivity contribution < 1.29 is 5.21 Å². The minimum Gasteiger partial charge on any atom is -0.409 e. The first-order valence-corrected chi connectivity index (χ1v) is 4.80. The minimum atomic E-state index is -0.296. The van der Waals surface area contributed by atoms with Gasteiger partial charge in [0.2, 0.25) is 0 Å². The van der Waals surface area contributed by atoms with E-state index in [0.29, 0.717) is 16.8 Å². The molecule has 0 aliphatic rings. The molecule has 1 heterocycles. The molecular formula is C9H13ClN4O. The highest BCUT2D eigenvalue weighted by molar-refractivity contribution is 6.29. The van der Waals surface area contributed by atoms with Crippen LogP contribution in [0.4, 0.5) is 5.82 Å². The van der Waals surface area contributed by atoms with Crippen molar-refractivity contribution in [3.63, 3.8) is 0 Å². The second-order valence-corrected chi connectivity index (χ2v) is 4.45. The van der Waals surface area contributed by atoms with Crippen molar-refractivity contribution in [2.24, 2.45) is 10.6 Å². The molecule has 82 valence electrons. The predicted molar refractivity (Wildman–Crippen MR) is 59.3 cm³/mol. The number of rotatable bonds is 1. The number of hydrogen-bond donors (Lipinski definition) is 2. The Morgan fingerprint density at radius 3 is 2.47 bits per heavy atom. The van der Waals surface area contributed by atoms with Crippen molar-refractivity contribution in [2.75, 3.05) is 5.32 Å². The van der Waals surface area contributed by atoms with Crippen LogP contribution in [0.15, 0.2) is 17.3 Å². The molecular weight excluding hydrogens is 216 g/mol. The summed E-state index contributed by atoms with van der Waals surface area (Å²) in [4.78, 5) is 0. The number of nitrogens with zero attached hydrogens (tertiary/aromatic N) is 3. The molecule has 0 atom stereocenters. The number of anilines is 1. The Hall–Kier alpha value is -1.36. The van der Waals surface area contributed by atoms with Crippen molar-refractivity contribution in [3.8, 4) is 0 Å². The van der Waals surface area contributed by atoms with Crippen LogP contribution in [-0.2, 0) is 0 Å². The van der Waals surface area contributed by atoms with Crippen molar-refractivity contribution >= 4 is 23.3 Å². The molecule has 0 unspecified atom stereocenters. The number of nitrogens with one attached hydrogen (secondary N) is 1. The summed E-state index contributed by atoms with van der Waals surface area (Å²) in [6.45, 7) is 5.75. The predicted octanol–water partition coefficient (Wildman–Crippen LogP) is 2.38. The van der Waals surface area contributed by atoms with Crippen LogP contribution < -0.4 is 5.32 Å². The molecule has 0 aromatic carbocycles. The van der Waals surface area contributed by atoms with E-state index < -0.39 is 0 Å². The Morgan fingerprint density at radius 2 is 2.07 bits per heavy atom. The summed E-state index contributed by atoms with van der Waals surface area (Å²) in [7, 11) is 0. The molecule has 15 heavy (non-hydrogen) atoms. The Balaban J connectivity index is 2.81.